The van der Waals surface area contributed by atoms with Crippen LogP contribution in [0.3, 0.4) is 0 Å². The van der Waals surface area contributed by atoms with Crippen LogP contribution in [0.5, 0.6) is 0 Å². The maximum absolute atomic E-state index is 12.8. The van der Waals surface area contributed by atoms with E-state index in [0.29, 0.717) is 37.7 Å². The predicted octanol–water partition coefficient (Wildman–Crippen LogP) is 2.07. The first-order valence-electron chi connectivity index (χ1n) is 12.3. The number of amides is 1. The van der Waals surface area contributed by atoms with Gasteiger partial charge in [0.05, 0.1) is 18.1 Å². The summed E-state index contributed by atoms with van der Waals surface area (Å²) in [6.07, 6.45) is 1.44. The molecule has 0 atom stereocenters. The van der Waals surface area contributed by atoms with Gasteiger partial charge in [-0.25, -0.2) is 18.4 Å². The number of nitrogens with one attached hydrogen (secondary N) is 1. The first kappa shape index (κ1) is 25.3. The molecule has 1 aromatic heterocycles. The van der Waals surface area contributed by atoms with Gasteiger partial charge in [0.1, 0.15) is 18.0 Å². The van der Waals surface area contributed by atoms with Crippen LogP contribution in [0.1, 0.15) is 15.9 Å². The fourth-order valence-corrected chi connectivity index (χ4v) is 5.88. The van der Waals surface area contributed by atoms with E-state index in [1.165, 1.54) is 40.5 Å². The van der Waals surface area contributed by atoms with Gasteiger partial charge in [0.15, 0.2) is 0 Å². The summed E-state index contributed by atoms with van der Waals surface area (Å²) in [5, 5.41) is 2.80. The van der Waals surface area contributed by atoms with Crippen LogP contribution >= 0.6 is 0 Å². The number of hydrogen-bond acceptors (Lipinski definition) is 8. The van der Waals surface area contributed by atoms with Gasteiger partial charge in [-0.05, 0) is 29.8 Å². The van der Waals surface area contributed by atoms with E-state index in [-0.39, 0.29) is 10.8 Å². The molecule has 0 radical (unpaired) electrons. The minimum absolute atomic E-state index is 0.154. The molecule has 5 rings (SSSR count). The Labute approximate surface area is 216 Å². The van der Waals surface area contributed by atoms with Crippen LogP contribution in [0.25, 0.3) is 0 Å². The smallest absolute Gasteiger partial charge is 0.256 e. The average Bonchev–Trinajstić information content (AvgIpc) is 2.95. The number of sulfonamides is 1. The number of hydrogen-bond donors (Lipinski definition) is 1. The second-order valence-electron chi connectivity index (χ2n) is 9.01. The molecule has 2 fully saturated rings. The molecule has 2 aromatic carbocycles. The summed E-state index contributed by atoms with van der Waals surface area (Å²) >= 11 is 0. The quantitative estimate of drug-likeness (QED) is 0.503. The summed E-state index contributed by atoms with van der Waals surface area (Å²) in [7, 11) is -3.61. The Hall–Kier alpha value is -3.38. The Morgan fingerprint density at radius 1 is 0.892 bits per heavy atom. The maximum atomic E-state index is 12.8. The molecule has 3 heterocycles. The Balaban J connectivity index is 1.18. The molecular formula is C26H30N6O4S. The van der Waals surface area contributed by atoms with Crippen molar-refractivity contribution in [2.24, 2.45) is 0 Å². The van der Waals surface area contributed by atoms with E-state index in [1.54, 1.807) is 6.07 Å². The van der Waals surface area contributed by atoms with Crippen molar-refractivity contribution in [3.8, 4) is 0 Å². The molecule has 11 heteroatoms. The molecule has 2 aliphatic heterocycles. The fourth-order valence-electron chi connectivity index (χ4n) is 4.47. The lowest BCUT2D eigenvalue weighted by atomic mass is 10.2. The van der Waals surface area contributed by atoms with Crippen molar-refractivity contribution >= 4 is 27.6 Å². The van der Waals surface area contributed by atoms with E-state index in [9.17, 15) is 13.2 Å². The number of aromatic nitrogens is 2. The van der Waals surface area contributed by atoms with E-state index in [0.717, 1.165) is 38.5 Å². The van der Waals surface area contributed by atoms with E-state index >= 15 is 0 Å². The zero-order chi connectivity index (χ0) is 25.7. The van der Waals surface area contributed by atoms with Gasteiger partial charge in [-0.3, -0.25) is 9.69 Å². The van der Waals surface area contributed by atoms with Crippen molar-refractivity contribution in [2.45, 2.75) is 11.4 Å². The first-order valence-corrected chi connectivity index (χ1v) is 13.8. The average molecular weight is 523 g/mol. The highest BCUT2D eigenvalue weighted by atomic mass is 32.2. The minimum atomic E-state index is -3.61. The lowest BCUT2D eigenvalue weighted by molar-refractivity contribution is 0.0730. The van der Waals surface area contributed by atoms with Crippen LogP contribution < -0.4 is 10.2 Å². The van der Waals surface area contributed by atoms with Gasteiger partial charge >= 0.3 is 0 Å². The van der Waals surface area contributed by atoms with Crippen molar-refractivity contribution in [1.82, 2.24) is 19.2 Å². The first-order chi connectivity index (χ1) is 18.0. The van der Waals surface area contributed by atoms with E-state index in [1.807, 2.05) is 6.07 Å². The number of nitrogens with zero attached hydrogens (tertiary/aromatic N) is 5. The SMILES string of the molecule is O=C(Nc1cc(N2CCN(Cc3ccccc3)CC2)ncn1)c1ccc(S(=O)(=O)N2CCOCC2)cc1. The van der Waals surface area contributed by atoms with Crippen molar-refractivity contribution in [2.75, 3.05) is 62.7 Å². The highest BCUT2D eigenvalue weighted by molar-refractivity contribution is 7.89. The lowest BCUT2D eigenvalue weighted by Gasteiger charge is -2.35. The van der Waals surface area contributed by atoms with Crippen molar-refractivity contribution in [1.29, 1.82) is 0 Å². The molecule has 0 aliphatic carbocycles. The van der Waals surface area contributed by atoms with Crippen molar-refractivity contribution in [3.63, 3.8) is 0 Å². The minimum Gasteiger partial charge on any atom is -0.379 e. The number of anilines is 2. The standard InChI is InChI=1S/C26H30N6O4S/c33-26(22-6-8-23(9-7-22)37(34,35)32-14-16-36-17-15-32)29-24-18-25(28-20-27-24)31-12-10-30(11-13-31)19-21-4-2-1-3-5-21/h1-9,18,20H,10-17,19H2,(H,27,28,29,33). The largest absolute Gasteiger partial charge is 0.379 e. The molecule has 37 heavy (non-hydrogen) atoms. The maximum Gasteiger partial charge on any atom is 0.256 e. The van der Waals surface area contributed by atoms with E-state index in [2.05, 4.69) is 49.4 Å². The molecule has 194 valence electrons. The van der Waals surface area contributed by atoms with Crippen LogP contribution in [-0.4, -0.2) is 86.0 Å². The Bertz CT molecular complexity index is 1310. The monoisotopic (exact) mass is 522 g/mol. The second-order valence-corrected chi connectivity index (χ2v) is 10.9. The number of carbonyl (C=O) groups excluding carboxylic acids is 1. The molecule has 2 aliphatic rings. The van der Waals surface area contributed by atoms with Gasteiger partial charge in [0.2, 0.25) is 10.0 Å². The summed E-state index contributed by atoms with van der Waals surface area (Å²) in [5.41, 5.74) is 1.64. The summed E-state index contributed by atoms with van der Waals surface area (Å²) in [4.78, 5) is 26.2. The predicted molar refractivity (Wildman–Crippen MR) is 140 cm³/mol. The number of benzene rings is 2. The Morgan fingerprint density at radius 3 is 2.30 bits per heavy atom. The third-order valence-corrected chi connectivity index (χ3v) is 8.48. The third kappa shape index (κ3) is 6.13. The zero-order valence-corrected chi connectivity index (χ0v) is 21.3. The van der Waals surface area contributed by atoms with Gasteiger partial charge in [-0.2, -0.15) is 4.31 Å². The molecule has 3 aromatic rings. The van der Waals surface area contributed by atoms with E-state index in [4.69, 9.17) is 4.74 Å². The Kier molecular flexibility index (Phi) is 7.75. The van der Waals surface area contributed by atoms with Crippen molar-refractivity contribution < 1.29 is 17.9 Å². The summed E-state index contributed by atoms with van der Waals surface area (Å²) in [6, 6.07) is 18.1. The molecule has 10 nitrogen and oxygen atoms in total. The summed E-state index contributed by atoms with van der Waals surface area (Å²) in [5.74, 6) is 0.788. The van der Waals surface area contributed by atoms with Crippen LogP contribution in [0.4, 0.5) is 11.6 Å². The number of piperazine rings is 1. The topological polar surface area (TPSA) is 108 Å². The highest BCUT2D eigenvalue weighted by Gasteiger charge is 2.26. The van der Waals surface area contributed by atoms with Gasteiger partial charge < -0.3 is 15.0 Å². The number of rotatable bonds is 7. The van der Waals surface area contributed by atoms with Gasteiger partial charge in [-0.1, -0.05) is 30.3 Å². The third-order valence-electron chi connectivity index (χ3n) is 6.56. The normalized spacial score (nSPS) is 17.5. The molecule has 0 saturated carbocycles. The zero-order valence-electron chi connectivity index (χ0n) is 20.5. The van der Waals surface area contributed by atoms with Gasteiger partial charge in [-0.15, -0.1) is 0 Å². The van der Waals surface area contributed by atoms with E-state index < -0.39 is 10.0 Å². The van der Waals surface area contributed by atoms with Crippen LogP contribution in [0.2, 0.25) is 0 Å². The molecule has 1 amide bonds. The number of ether oxygens (including phenoxy) is 1. The van der Waals surface area contributed by atoms with Gasteiger partial charge in [0.25, 0.3) is 5.91 Å². The second kappa shape index (κ2) is 11.3. The molecule has 2 saturated heterocycles. The molecule has 0 bridgehead atoms. The molecule has 0 spiro atoms. The van der Waals surface area contributed by atoms with Crippen LogP contribution in [-0.2, 0) is 21.3 Å². The van der Waals surface area contributed by atoms with Gasteiger partial charge in [0, 0.05) is 57.4 Å². The van der Waals surface area contributed by atoms with Crippen molar-refractivity contribution in [3.05, 3.63) is 78.1 Å². The lowest BCUT2D eigenvalue weighted by Crippen LogP contribution is -2.46. The van der Waals surface area contributed by atoms with Crippen LogP contribution in [0.15, 0.2) is 71.9 Å². The fraction of sp³-hybridized carbons (Fsp3) is 0.346. The Morgan fingerprint density at radius 2 is 1.59 bits per heavy atom. The number of morpholine rings is 1. The molecule has 1 N–H and O–H groups in total. The molecule has 0 unspecified atom stereocenters. The summed E-state index contributed by atoms with van der Waals surface area (Å²) < 4.78 is 32.2. The highest BCUT2D eigenvalue weighted by Crippen LogP contribution is 2.20. The molecular weight excluding hydrogens is 492 g/mol. The van der Waals surface area contributed by atoms with Crippen LogP contribution in [0, 0.1) is 0 Å². The summed E-state index contributed by atoms with van der Waals surface area (Å²) in [6.45, 7) is 5.82. The number of carbonyl (C=O) groups is 1.